The van der Waals surface area contributed by atoms with Gasteiger partial charge >= 0.3 is 0 Å². The van der Waals surface area contributed by atoms with Crippen LogP contribution in [0.1, 0.15) is 27.0 Å². The third-order valence-electron chi connectivity index (χ3n) is 3.76. The smallest absolute Gasteiger partial charge is 0.276 e. The van der Waals surface area contributed by atoms with E-state index in [1.807, 2.05) is 26.8 Å². The Bertz CT molecular complexity index is 914. The van der Waals surface area contributed by atoms with Crippen LogP contribution in [0.2, 0.25) is 5.02 Å². The first kappa shape index (κ1) is 22.4. The summed E-state index contributed by atoms with van der Waals surface area (Å²) in [6.07, 6.45) is 0. The fourth-order valence-electron chi connectivity index (χ4n) is 2.24. The first-order chi connectivity index (χ1) is 13.2. The van der Waals surface area contributed by atoms with E-state index in [1.165, 1.54) is 0 Å². The lowest BCUT2D eigenvalue weighted by molar-refractivity contribution is -0.123. The van der Waals surface area contributed by atoms with Crippen LogP contribution < -0.4 is 20.9 Å². The molecule has 0 unspecified atom stereocenters. The van der Waals surface area contributed by atoms with Crippen molar-refractivity contribution in [2.45, 2.75) is 20.8 Å². The lowest BCUT2D eigenvalue weighted by Gasteiger charge is -2.12. The van der Waals surface area contributed by atoms with Crippen molar-refractivity contribution in [2.75, 3.05) is 6.61 Å². The molecule has 0 aliphatic carbocycles. The molecule has 2 rings (SSSR count). The summed E-state index contributed by atoms with van der Waals surface area (Å²) in [5.74, 6) is -0.279. The maximum Gasteiger partial charge on any atom is 0.276 e. The molecule has 28 heavy (non-hydrogen) atoms. The third kappa shape index (κ3) is 6.32. The number of thiocarbonyl (C=S) groups is 1. The van der Waals surface area contributed by atoms with E-state index in [0.717, 1.165) is 20.3 Å². The van der Waals surface area contributed by atoms with Crippen molar-refractivity contribution in [3.8, 4) is 5.75 Å². The Morgan fingerprint density at radius 1 is 1.07 bits per heavy atom. The zero-order valence-corrected chi connectivity index (χ0v) is 19.2. The molecule has 6 nitrogen and oxygen atoms in total. The van der Waals surface area contributed by atoms with Crippen molar-refractivity contribution in [1.82, 2.24) is 16.2 Å². The molecule has 0 radical (unpaired) electrons. The molecule has 0 bridgehead atoms. The van der Waals surface area contributed by atoms with E-state index in [1.54, 1.807) is 24.3 Å². The van der Waals surface area contributed by atoms with Gasteiger partial charge in [-0.3, -0.25) is 25.8 Å². The maximum atomic E-state index is 12.2. The highest BCUT2D eigenvalue weighted by molar-refractivity contribution is 14.1. The minimum absolute atomic E-state index is 0.0212. The number of amides is 2. The van der Waals surface area contributed by atoms with Gasteiger partial charge in [-0.1, -0.05) is 17.7 Å². The van der Waals surface area contributed by atoms with E-state index in [9.17, 15) is 9.59 Å². The molecule has 3 N–H and O–H groups in total. The largest absolute Gasteiger partial charge is 0.484 e. The van der Waals surface area contributed by atoms with Crippen molar-refractivity contribution in [1.29, 1.82) is 0 Å². The van der Waals surface area contributed by atoms with Crippen molar-refractivity contribution >= 4 is 63.3 Å². The van der Waals surface area contributed by atoms with E-state index in [0.29, 0.717) is 16.3 Å². The van der Waals surface area contributed by atoms with Crippen LogP contribution in [0.25, 0.3) is 0 Å². The van der Waals surface area contributed by atoms with Gasteiger partial charge < -0.3 is 4.74 Å². The Hall–Kier alpha value is -1.91. The second-order valence-corrected chi connectivity index (χ2v) is 8.03. The van der Waals surface area contributed by atoms with Gasteiger partial charge in [-0.25, -0.2) is 0 Å². The number of rotatable bonds is 4. The number of carbonyl (C=O) groups is 2. The minimum Gasteiger partial charge on any atom is -0.484 e. The fourth-order valence-corrected chi connectivity index (χ4v) is 3.01. The number of halogens is 2. The Kier molecular flexibility index (Phi) is 8.02. The molecule has 2 amide bonds. The number of benzene rings is 2. The number of ether oxygens (including phenoxy) is 1. The molecule has 0 spiro atoms. The van der Waals surface area contributed by atoms with E-state index in [4.69, 9.17) is 28.6 Å². The lowest BCUT2D eigenvalue weighted by atomic mass is 10.1. The second-order valence-electron chi connectivity index (χ2n) is 6.08. The molecule has 0 aliphatic heterocycles. The van der Waals surface area contributed by atoms with Crippen molar-refractivity contribution in [3.63, 3.8) is 0 Å². The van der Waals surface area contributed by atoms with E-state index in [-0.39, 0.29) is 17.6 Å². The van der Waals surface area contributed by atoms with Crippen molar-refractivity contribution in [3.05, 3.63) is 61.2 Å². The summed E-state index contributed by atoms with van der Waals surface area (Å²) in [5, 5.41) is 3.15. The van der Waals surface area contributed by atoms with Crippen LogP contribution >= 0.6 is 46.4 Å². The van der Waals surface area contributed by atoms with Gasteiger partial charge in [0, 0.05) is 14.2 Å². The number of nitrogens with one attached hydrogen (secondary N) is 3. The van der Waals surface area contributed by atoms with Gasteiger partial charge in [0.1, 0.15) is 5.75 Å². The molecule has 2 aromatic carbocycles. The van der Waals surface area contributed by atoms with Crippen LogP contribution in [0.3, 0.4) is 0 Å². The predicted octanol–water partition coefficient (Wildman–Crippen LogP) is 3.58. The Morgan fingerprint density at radius 2 is 1.71 bits per heavy atom. The van der Waals surface area contributed by atoms with Crippen LogP contribution in [0.15, 0.2) is 30.3 Å². The summed E-state index contributed by atoms with van der Waals surface area (Å²) in [5.41, 5.74) is 8.13. The summed E-state index contributed by atoms with van der Waals surface area (Å²) in [4.78, 5) is 24.1. The van der Waals surface area contributed by atoms with Gasteiger partial charge in [-0.15, -0.1) is 0 Å². The SMILES string of the molecule is Cc1ccc(C(=O)NC(=S)NNC(=O)COc2cc(C)c(Cl)c(C)c2)cc1I. The zero-order chi connectivity index (χ0) is 20.8. The molecule has 0 saturated heterocycles. The number of carbonyl (C=O) groups excluding carboxylic acids is 2. The molecule has 0 aliphatic rings. The number of aryl methyl sites for hydroxylation is 3. The summed E-state index contributed by atoms with van der Waals surface area (Å²) < 4.78 is 6.42. The van der Waals surface area contributed by atoms with Gasteiger partial charge in [0.05, 0.1) is 0 Å². The molecule has 9 heteroatoms. The van der Waals surface area contributed by atoms with Gasteiger partial charge in [0.15, 0.2) is 11.7 Å². The minimum atomic E-state index is -0.452. The normalized spacial score (nSPS) is 10.2. The Morgan fingerprint density at radius 3 is 2.32 bits per heavy atom. The first-order valence-corrected chi connectivity index (χ1v) is 10.1. The average Bonchev–Trinajstić information content (AvgIpc) is 2.64. The first-order valence-electron chi connectivity index (χ1n) is 8.23. The fraction of sp³-hybridized carbons (Fsp3) is 0.211. The molecule has 0 saturated carbocycles. The lowest BCUT2D eigenvalue weighted by Crippen LogP contribution is -2.49. The number of hydrazine groups is 1. The Balaban J connectivity index is 1.79. The quantitative estimate of drug-likeness (QED) is 0.319. The monoisotopic (exact) mass is 531 g/mol. The number of hydrogen-bond donors (Lipinski definition) is 3. The second kappa shape index (κ2) is 10.0. The molecule has 148 valence electrons. The number of hydrogen-bond acceptors (Lipinski definition) is 4. The van der Waals surface area contributed by atoms with E-state index in [2.05, 4.69) is 38.8 Å². The summed E-state index contributed by atoms with van der Waals surface area (Å²) in [6.45, 7) is 5.46. The summed E-state index contributed by atoms with van der Waals surface area (Å²) in [6, 6.07) is 8.83. The summed E-state index contributed by atoms with van der Waals surface area (Å²) >= 11 is 13.3. The van der Waals surface area contributed by atoms with Crippen LogP contribution in [0, 0.1) is 24.3 Å². The molecule has 0 atom stereocenters. The molecular formula is C19H19ClIN3O3S. The van der Waals surface area contributed by atoms with Crippen molar-refractivity contribution < 1.29 is 14.3 Å². The van der Waals surface area contributed by atoms with E-state index >= 15 is 0 Å². The van der Waals surface area contributed by atoms with E-state index < -0.39 is 5.91 Å². The maximum absolute atomic E-state index is 12.2. The highest BCUT2D eigenvalue weighted by Gasteiger charge is 2.11. The molecule has 0 heterocycles. The zero-order valence-electron chi connectivity index (χ0n) is 15.5. The molecule has 0 fully saturated rings. The molecule has 2 aromatic rings. The van der Waals surface area contributed by atoms with Crippen LogP contribution in [0.4, 0.5) is 0 Å². The predicted molar refractivity (Wildman–Crippen MR) is 122 cm³/mol. The van der Waals surface area contributed by atoms with Crippen LogP contribution in [-0.2, 0) is 4.79 Å². The summed E-state index contributed by atoms with van der Waals surface area (Å²) in [7, 11) is 0. The van der Waals surface area contributed by atoms with Crippen molar-refractivity contribution in [2.24, 2.45) is 0 Å². The van der Waals surface area contributed by atoms with Crippen LogP contribution in [0.5, 0.6) is 5.75 Å². The molecule has 0 aromatic heterocycles. The molecular weight excluding hydrogens is 513 g/mol. The van der Waals surface area contributed by atoms with Gasteiger partial charge in [-0.05, 0) is 96.5 Å². The highest BCUT2D eigenvalue weighted by atomic mass is 127. The average molecular weight is 532 g/mol. The van der Waals surface area contributed by atoms with Gasteiger partial charge in [0.2, 0.25) is 0 Å². The topological polar surface area (TPSA) is 79.5 Å². The standard InChI is InChI=1S/C19H19ClIN3O3S/c1-10-4-5-13(8-15(10)21)18(26)22-19(28)24-23-16(25)9-27-14-6-11(2)17(20)12(3)7-14/h4-8H,9H2,1-3H3,(H,23,25)(H2,22,24,26,28). The van der Waals surface area contributed by atoms with Gasteiger partial charge in [0.25, 0.3) is 11.8 Å². The third-order valence-corrected chi connectivity index (χ3v) is 5.72. The Labute approximate surface area is 187 Å². The van der Waals surface area contributed by atoms with Crippen LogP contribution in [-0.4, -0.2) is 23.5 Å². The highest BCUT2D eigenvalue weighted by Crippen LogP contribution is 2.25. The van der Waals surface area contributed by atoms with Gasteiger partial charge in [-0.2, -0.15) is 0 Å².